The van der Waals surface area contributed by atoms with Crippen LogP contribution in [0.3, 0.4) is 0 Å². The summed E-state index contributed by atoms with van der Waals surface area (Å²) >= 11 is 0. The van der Waals surface area contributed by atoms with Gasteiger partial charge in [0, 0.05) is 65.8 Å². The predicted molar refractivity (Wildman–Crippen MR) is 242 cm³/mol. The van der Waals surface area contributed by atoms with Crippen LogP contribution in [0.2, 0.25) is 0 Å². The number of fused-ring (bicyclic) bond motifs is 15. The van der Waals surface area contributed by atoms with Gasteiger partial charge in [-0.2, -0.15) is 0 Å². The van der Waals surface area contributed by atoms with Crippen LogP contribution in [0.4, 0.5) is 0 Å². The third-order valence-electron chi connectivity index (χ3n) is 12.8. The number of nitrogens with zero attached hydrogens (tertiary/aromatic N) is 4. The van der Waals surface area contributed by atoms with Crippen LogP contribution in [0, 0.1) is 0 Å². The van der Waals surface area contributed by atoms with Gasteiger partial charge in [0.25, 0.3) is 0 Å². The summed E-state index contributed by atoms with van der Waals surface area (Å²) in [6, 6.07) is 52.9. The summed E-state index contributed by atoms with van der Waals surface area (Å²) in [6.45, 7) is 0. The van der Waals surface area contributed by atoms with E-state index in [4.69, 9.17) is 9.97 Å². The Bertz CT molecular complexity index is 3580. The van der Waals surface area contributed by atoms with E-state index in [-0.39, 0.29) is 0 Å². The van der Waals surface area contributed by atoms with E-state index in [0.717, 1.165) is 52.8 Å². The normalized spacial score (nSPS) is 15.5. The molecule has 13 rings (SSSR count). The third-order valence-corrected chi connectivity index (χ3v) is 12.8. The molecule has 4 aromatic heterocycles. The van der Waals surface area contributed by atoms with Crippen molar-refractivity contribution in [2.75, 3.05) is 0 Å². The Labute approximate surface area is 334 Å². The lowest BCUT2D eigenvalue weighted by Crippen LogP contribution is -2.07. The van der Waals surface area contributed by atoms with Gasteiger partial charge in [-0.05, 0) is 41.9 Å². The van der Waals surface area contributed by atoms with Crippen molar-refractivity contribution in [3.05, 3.63) is 192 Å². The lowest BCUT2D eigenvalue weighted by atomic mass is 9.89. The zero-order chi connectivity index (χ0) is 37.9. The Morgan fingerprint density at radius 3 is 2.05 bits per heavy atom. The molecule has 11 aromatic rings. The van der Waals surface area contributed by atoms with Crippen molar-refractivity contribution in [3.63, 3.8) is 0 Å². The smallest absolute Gasteiger partial charge is 0.235 e. The topological polar surface area (TPSA) is 35.1 Å². The van der Waals surface area contributed by atoms with Gasteiger partial charge < -0.3 is 4.40 Å². The van der Waals surface area contributed by atoms with Crippen molar-refractivity contribution < 1.29 is 0 Å². The summed E-state index contributed by atoms with van der Waals surface area (Å²) in [5, 5.41) is 11.2. The first-order valence-electron chi connectivity index (χ1n) is 20.4. The molecule has 4 heterocycles. The fraction of sp³-hybridized carbons (Fsp3) is 0.0741. The van der Waals surface area contributed by atoms with Crippen molar-refractivity contribution in [2.24, 2.45) is 0 Å². The summed E-state index contributed by atoms with van der Waals surface area (Å²) in [7, 11) is 0. The highest BCUT2D eigenvalue weighted by molar-refractivity contribution is 6.39. The molecule has 0 fully saturated rings. The van der Waals surface area contributed by atoms with E-state index in [1.165, 1.54) is 76.3 Å². The van der Waals surface area contributed by atoms with Gasteiger partial charge in [-0.1, -0.05) is 170 Å². The van der Waals surface area contributed by atoms with Gasteiger partial charge in [-0.15, -0.1) is 0 Å². The van der Waals surface area contributed by atoms with Crippen molar-refractivity contribution in [1.29, 1.82) is 0 Å². The monoisotopic (exact) mass is 740 g/mol. The zero-order valence-corrected chi connectivity index (χ0v) is 31.7. The van der Waals surface area contributed by atoms with Crippen molar-refractivity contribution >= 4 is 82.2 Å². The number of benzene rings is 7. The maximum Gasteiger partial charge on any atom is 0.235 e. The molecule has 1 unspecified atom stereocenters. The van der Waals surface area contributed by atoms with Gasteiger partial charge in [0.1, 0.15) is 0 Å². The van der Waals surface area contributed by atoms with Gasteiger partial charge >= 0.3 is 0 Å². The van der Waals surface area contributed by atoms with Crippen LogP contribution in [0.25, 0.3) is 99.4 Å². The molecule has 0 bridgehead atoms. The fourth-order valence-corrected chi connectivity index (χ4v) is 10.3. The number of hydrogen-bond acceptors (Lipinski definition) is 2. The maximum atomic E-state index is 5.58. The second-order valence-corrected chi connectivity index (χ2v) is 15.9. The molecule has 0 saturated carbocycles. The molecule has 7 aromatic carbocycles. The summed E-state index contributed by atoms with van der Waals surface area (Å²) < 4.78 is 5.01. The molecule has 0 N–H and O–H groups in total. The minimum atomic E-state index is 0.336. The maximum absolute atomic E-state index is 5.58. The van der Waals surface area contributed by atoms with Crippen LogP contribution in [0.1, 0.15) is 41.3 Å². The fourth-order valence-electron chi connectivity index (χ4n) is 10.3. The molecular weight excluding hydrogens is 705 g/mol. The van der Waals surface area contributed by atoms with Crippen LogP contribution in [-0.4, -0.2) is 18.9 Å². The Morgan fingerprint density at radius 2 is 1.22 bits per heavy atom. The predicted octanol–water partition coefficient (Wildman–Crippen LogP) is 13.6. The van der Waals surface area contributed by atoms with Crippen molar-refractivity contribution in [2.45, 2.75) is 25.2 Å². The van der Waals surface area contributed by atoms with Crippen molar-refractivity contribution in [1.82, 2.24) is 18.9 Å². The average molecular weight is 741 g/mol. The summed E-state index contributed by atoms with van der Waals surface area (Å²) in [5.74, 6) is 1.01. The molecular formula is C54H36N4. The van der Waals surface area contributed by atoms with Gasteiger partial charge in [0.2, 0.25) is 5.95 Å². The first-order chi connectivity index (χ1) is 28.8. The third kappa shape index (κ3) is 4.40. The van der Waals surface area contributed by atoms with E-state index in [1.807, 2.05) is 0 Å². The molecule has 0 radical (unpaired) electrons. The van der Waals surface area contributed by atoms with E-state index in [1.54, 1.807) is 0 Å². The Kier molecular flexibility index (Phi) is 6.65. The van der Waals surface area contributed by atoms with Crippen LogP contribution in [0.15, 0.2) is 170 Å². The molecule has 58 heavy (non-hydrogen) atoms. The lowest BCUT2D eigenvalue weighted by molar-refractivity contribution is 0.855. The number of aromatic nitrogens is 4. The number of aryl methyl sites for hydroxylation is 1. The first kappa shape index (κ1) is 31.9. The van der Waals surface area contributed by atoms with E-state index in [9.17, 15) is 0 Å². The van der Waals surface area contributed by atoms with Crippen LogP contribution in [0.5, 0.6) is 0 Å². The average Bonchev–Trinajstić information content (AvgIpc) is 3.96. The Hall–Kier alpha value is -7.30. The minimum absolute atomic E-state index is 0.336. The van der Waals surface area contributed by atoms with Gasteiger partial charge in [0.15, 0.2) is 0 Å². The molecule has 0 saturated heterocycles. The highest BCUT2D eigenvalue weighted by Crippen LogP contribution is 2.49. The van der Waals surface area contributed by atoms with Gasteiger partial charge in [-0.3, -0.25) is 4.57 Å². The lowest BCUT2D eigenvalue weighted by Gasteiger charge is -2.18. The van der Waals surface area contributed by atoms with Crippen LogP contribution >= 0.6 is 0 Å². The highest BCUT2D eigenvalue weighted by atomic mass is 15.2. The molecule has 0 aliphatic heterocycles. The second kappa shape index (κ2) is 12.1. The number of hydrogen-bond donors (Lipinski definition) is 0. The van der Waals surface area contributed by atoms with Crippen LogP contribution < -0.4 is 0 Å². The SMILES string of the molecule is C1=Cc2c(n3c4c2cccc4c2c4c5ccc6ccccc6c5n(-c5nc(C6=CCC(c7ccccc7)C=C6)cc(-c6ccccc6)n5)c4c4ccccc4c23)CC1. The minimum Gasteiger partial charge on any atom is -0.311 e. The van der Waals surface area contributed by atoms with Gasteiger partial charge in [0.05, 0.1) is 33.5 Å². The number of rotatable bonds is 4. The second-order valence-electron chi connectivity index (χ2n) is 15.9. The highest BCUT2D eigenvalue weighted by Gasteiger charge is 2.29. The largest absolute Gasteiger partial charge is 0.311 e. The summed E-state index contributed by atoms with van der Waals surface area (Å²) in [5.41, 5.74) is 13.0. The standard InChI is InChI=1S/C54H36N4/c1-3-14-33(15-4-1)34-26-28-37(29-27-34)46-32-45(36-17-5-2-6-18-36)55-54(56-46)58-50-38-19-8-7-16-35(38)30-31-44(50)49-48-43-24-13-23-40-39-20-11-12-25-47(39)57(51(40)43)52(48)41-21-9-10-22-42(41)53(49)58/h1-11,13-24,26,28-32,34H,12,25,27H2. The molecule has 0 amide bonds. The number of allylic oxidation sites excluding steroid dienone is 5. The molecule has 4 heteroatoms. The van der Waals surface area contributed by atoms with Crippen molar-refractivity contribution in [3.8, 4) is 17.2 Å². The molecule has 2 aliphatic carbocycles. The molecule has 272 valence electrons. The van der Waals surface area contributed by atoms with E-state index < -0.39 is 0 Å². The van der Waals surface area contributed by atoms with E-state index >= 15 is 0 Å². The Morgan fingerprint density at radius 1 is 0.534 bits per heavy atom. The van der Waals surface area contributed by atoms with E-state index in [0.29, 0.717) is 11.9 Å². The summed E-state index contributed by atoms with van der Waals surface area (Å²) in [4.78, 5) is 11.1. The zero-order valence-electron chi connectivity index (χ0n) is 31.7. The molecule has 4 nitrogen and oxygen atoms in total. The number of para-hydroxylation sites is 1. The molecule has 2 aliphatic rings. The van der Waals surface area contributed by atoms with Crippen LogP contribution in [-0.2, 0) is 6.42 Å². The van der Waals surface area contributed by atoms with Gasteiger partial charge in [-0.25, -0.2) is 9.97 Å². The first-order valence-corrected chi connectivity index (χ1v) is 20.4. The molecule has 1 atom stereocenters. The molecule has 0 spiro atoms. The Balaban J connectivity index is 1.18. The van der Waals surface area contributed by atoms with E-state index in [2.05, 4.69) is 185 Å². The quantitative estimate of drug-likeness (QED) is 0.180. The summed E-state index contributed by atoms with van der Waals surface area (Å²) in [6.07, 6.45) is 14.6.